The lowest BCUT2D eigenvalue weighted by Gasteiger charge is -2.51. The summed E-state index contributed by atoms with van der Waals surface area (Å²) >= 11 is 0. The Morgan fingerprint density at radius 1 is 1.18 bits per heavy atom. The summed E-state index contributed by atoms with van der Waals surface area (Å²) in [6.45, 7) is 3.02. The van der Waals surface area contributed by atoms with Gasteiger partial charge in [0.05, 0.1) is 30.0 Å². The molecule has 0 aromatic heterocycles. The Bertz CT molecular complexity index is 694. The second-order valence-corrected chi connectivity index (χ2v) is 10.1. The molecule has 0 aromatic carbocycles. The number of hydrogen-bond donors (Lipinski definition) is 5. The predicted octanol–water partition coefficient (Wildman–Crippen LogP) is -0.910. The zero-order valence-corrected chi connectivity index (χ0v) is 16.2. The van der Waals surface area contributed by atoms with Gasteiger partial charge in [-0.05, 0) is 45.4 Å². The summed E-state index contributed by atoms with van der Waals surface area (Å²) in [5.74, 6) is -2.09. The van der Waals surface area contributed by atoms with Gasteiger partial charge in [-0.15, -0.1) is 0 Å². The first-order valence-corrected chi connectivity index (χ1v) is 10.4. The fraction of sp³-hybridized carbons (Fsp3) is 0.950. The van der Waals surface area contributed by atoms with Crippen molar-refractivity contribution >= 4 is 5.97 Å². The number of aliphatic hydroxyl groups excluding tert-OH is 3. The van der Waals surface area contributed by atoms with Crippen LogP contribution in [0.1, 0.15) is 46.0 Å². The molecule has 5 N–H and O–H groups in total. The molecule has 1 aliphatic heterocycles. The van der Waals surface area contributed by atoms with E-state index in [0.29, 0.717) is 12.8 Å². The number of epoxide rings is 1. The molecule has 158 valence electrons. The van der Waals surface area contributed by atoms with Crippen LogP contribution >= 0.6 is 0 Å². The minimum absolute atomic E-state index is 0.131. The highest BCUT2D eigenvalue weighted by atomic mass is 16.6. The van der Waals surface area contributed by atoms with Crippen LogP contribution in [0, 0.1) is 23.2 Å². The van der Waals surface area contributed by atoms with Crippen molar-refractivity contribution in [1.29, 1.82) is 0 Å². The molecule has 28 heavy (non-hydrogen) atoms. The van der Waals surface area contributed by atoms with Crippen molar-refractivity contribution in [3.05, 3.63) is 0 Å². The second-order valence-electron chi connectivity index (χ2n) is 10.1. The van der Waals surface area contributed by atoms with Crippen LogP contribution < -0.4 is 0 Å². The molecule has 4 saturated carbocycles. The summed E-state index contributed by atoms with van der Waals surface area (Å²) in [6.07, 6.45) is -2.43. The van der Waals surface area contributed by atoms with Gasteiger partial charge in [0.1, 0.15) is 17.8 Å². The van der Waals surface area contributed by atoms with Crippen LogP contribution in [-0.2, 0) is 14.3 Å². The molecule has 0 amide bonds. The second kappa shape index (κ2) is 5.68. The molecule has 0 aromatic rings. The maximum Gasteiger partial charge on any atom is 0.334 e. The summed E-state index contributed by atoms with van der Waals surface area (Å²) in [4.78, 5) is 12.2. The van der Waals surface area contributed by atoms with Crippen molar-refractivity contribution in [3.8, 4) is 0 Å². The molecule has 1 saturated heterocycles. The van der Waals surface area contributed by atoms with E-state index >= 15 is 0 Å². The number of esters is 1. The smallest absolute Gasteiger partial charge is 0.334 e. The average Bonchev–Trinajstić information content (AvgIpc) is 3.22. The minimum atomic E-state index is -1.47. The molecule has 8 heteroatoms. The van der Waals surface area contributed by atoms with Crippen molar-refractivity contribution < 1.29 is 39.8 Å². The topological polar surface area (TPSA) is 140 Å². The number of fused-ring (bicyclic) bond motifs is 4. The number of hydrogen-bond acceptors (Lipinski definition) is 8. The van der Waals surface area contributed by atoms with E-state index in [1.165, 1.54) is 6.92 Å². The molecule has 1 heterocycles. The van der Waals surface area contributed by atoms with E-state index in [-0.39, 0.29) is 43.3 Å². The Morgan fingerprint density at radius 3 is 2.57 bits per heavy atom. The third kappa shape index (κ3) is 2.24. The van der Waals surface area contributed by atoms with Crippen LogP contribution in [0.15, 0.2) is 0 Å². The van der Waals surface area contributed by atoms with E-state index in [0.717, 1.165) is 0 Å². The first kappa shape index (κ1) is 19.2. The van der Waals surface area contributed by atoms with Crippen LogP contribution in [-0.4, -0.2) is 79.3 Å². The van der Waals surface area contributed by atoms with E-state index in [1.807, 2.05) is 0 Å². The highest BCUT2D eigenvalue weighted by Gasteiger charge is 2.77. The molecular weight excluding hydrogens is 368 g/mol. The molecule has 2 bridgehead atoms. The Balaban J connectivity index is 1.60. The van der Waals surface area contributed by atoms with Gasteiger partial charge in [-0.1, -0.05) is 0 Å². The van der Waals surface area contributed by atoms with Gasteiger partial charge < -0.3 is 35.0 Å². The highest BCUT2D eigenvalue weighted by molar-refractivity contribution is 5.74. The Kier molecular flexibility index (Phi) is 3.89. The number of carbonyl (C=O) groups is 1. The van der Waals surface area contributed by atoms with Crippen molar-refractivity contribution in [3.63, 3.8) is 0 Å². The standard InChI is InChI=1S/C20H30O8/c1-8(21)17(24)28-16-9-3-4-12-18(2,25)15-14-11(27-14)6-20(15,26)13(23)7-19(12,16)5-10(9)22/h8-16,21-23,25-26H,3-7H2,1-2H3. The van der Waals surface area contributed by atoms with Gasteiger partial charge in [-0.25, -0.2) is 4.79 Å². The van der Waals surface area contributed by atoms with Gasteiger partial charge >= 0.3 is 5.97 Å². The summed E-state index contributed by atoms with van der Waals surface area (Å²) < 4.78 is 11.3. The molecule has 5 fully saturated rings. The largest absolute Gasteiger partial charge is 0.459 e. The Hall–Kier alpha value is -0.770. The van der Waals surface area contributed by atoms with Gasteiger partial charge in [0.25, 0.3) is 0 Å². The monoisotopic (exact) mass is 398 g/mol. The first-order valence-electron chi connectivity index (χ1n) is 10.4. The zero-order valence-electron chi connectivity index (χ0n) is 16.2. The normalized spacial score (nSPS) is 60.2. The Morgan fingerprint density at radius 2 is 1.89 bits per heavy atom. The molecule has 4 aliphatic carbocycles. The molecule has 5 rings (SSSR count). The lowest BCUT2D eigenvalue weighted by atomic mass is 9.57. The van der Waals surface area contributed by atoms with E-state index in [1.54, 1.807) is 6.92 Å². The van der Waals surface area contributed by atoms with Crippen LogP contribution in [0.5, 0.6) is 0 Å². The van der Waals surface area contributed by atoms with Crippen molar-refractivity contribution in [2.45, 2.75) is 93.8 Å². The summed E-state index contributed by atoms with van der Waals surface area (Å²) in [5, 5.41) is 54.6. The van der Waals surface area contributed by atoms with E-state index < -0.39 is 52.9 Å². The van der Waals surface area contributed by atoms with Gasteiger partial charge in [0.15, 0.2) is 0 Å². The average molecular weight is 398 g/mol. The first-order chi connectivity index (χ1) is 13.0. The third-order valence-electron chi connectivity index (χ3n) is 8.61. The van der Waals surface area contributed by atoms with E-state index in [9.17, 15) is 30.3 Å². The number of rotatable bonds is 2. The molecule has 1 spiro atoms. The van der Waals surface area contributed by atoms with E-state index in [4.69, 9.17) is 9.47 Å². The SMILES string of the molecule is CC(O)C(=O)OC1C2CCC3C(C)(O)C4C5OC5CC4(O)C(O)CC13CC2O. The van der Waals surface area contributed by atoms with Gasteiger partial charge in [-0.2, -0.15) is 0 Å². The van der Waals surface area contributed by atoms with Crippen LogP contribution in [0.3, 0.4) is 0 Å². The van der Waals surface area contributed by atoms with Crippen LogP contribution in [0.25, 0.3) is 0 Å². The lowest BCUT2D eigenvalue weighted by Crippen LogP contribution is -2.59. The maximum absolute atomic E-state index is 12.2. The summed E-state index contributed by atoms with van der Waals surface area (Å²) in [7, 11) is 0. The van der Waals surface area contributed by atoms with Gasteiger partial charge in [0.2, 0.25) is 0 Å². The quantitative estimate of drug-likeness (QED) is 0.298. The lowest BCUT2D eigenvalue weighted by molar-refractivity contribution is -0.196. The molecule has 12 atom stereocenters. The molecular formula is C20H30O8. The van der Waals surface area contributed by atoms with E-state index in [2.05, 4.69) is 0 Å². The third-order valence-corrected chi connectivity index (χ3v) is 8.61. The molecule has 0 radical (unpaired) electrons. The van der Waals surface area contributed by atoms with Crippen LogP contribution in [0.2, 0.25) is 0 Å². The Labute approximate surface area is 163 Å². The minimum Gasteiger partial charge on any atom is -0.459 e. The van der Waals surface area contributed by atoms with Crippen LogP contribution in [0.4, 0.5) is 0 Å². The summed E-state index contributed by atoms with van der Waals surface area (Å²) in [5.41, 5.74) is -3.68. The summed E-state index contributed by atoms with van der Waals surface area (Å²) in [6, 6.07) is 0. The maximum atomic E-state index is 12.2. The fourth-order valence-corrected chi connectivity index (χ4v) is 7.54. The number of carbonyl (C=O) groups excluding carboxylic acids is 1. The zero-order chi connectivity index (χ0) is 20.2. The van der Waals surface area contributed by atoms with Crippen molar-refractivity contribution in [1.82, 2.24) is 0 Å². The predicted molar refractivity (Wildman–Crippen MR) is 93.8 cm³/mol. The number of ether oxygens (including phenoxy) is 2. The molecule has 12 unspecified atom stereocenters. The number of aliphatic hydroxyl groups is 5. The molecule has 8 nitrogen and oxygen atoms in total. The van der Waals surface area contributed by atoms with Gasteiger partial charge in [0, 0.05) is 23.7 Å². The molecule has 5 aliphatic rings. The van der Waals surface area contributed by atoms with Crippen molar-refractivity contribution in [2.75, 3.05) is 0 Å². The van der Waals surface area contributed by atoms with Crippen molar-refractivity contribution in [2.24, 2.45) is 23.2 Å². The highest BCUT2D eigenvalue weighted by Crippen LogP contribution is 2.68. The fourth-order valence-electron chi connectivity index (χ4n) is 7.54. The van der Waals surface area contributed by atoms with Gasteiger partial charge in [-0.3, -0.25) is 0 Å².